The van der Waals surface area contributed by atoms with Gasteiger partial charge in [0, 0.05) is 16.6 Å². The summed E-state index contributed by atoms with van der Waals surface area (Å²) in [4.78, 5) is 1.22. The summed E-state index contributed by atoms with van der Waals surface area (Å²) in [5.41, 5.74) is 2.30. The number of aliphatic hydroxyl groups is 1. The Hall–Kier alpha value is -1.45. The molecule has 1 heterocycles. The van der Waals surface area contributed by atoms with E-state index in [1.165, 1.54) is 10.5 Å². The molecule has 1 unspecified atom stereocenters. The number of hydrogen-bond acceptors (Lipinski definition) is 3. The van der Waals surface area contributed by atoms with E-state index in [2.05, 4.69) is 30.3 Å². The van der Waals surface area contributed by atoms with Gasteiger partial charge in [0.1, 0.15) is 5.75 Å². The summed E-state index contributed by atoms with van der Waals surface area (Å²) in [7, 11) is 0. The van der Waals surface area contributed by atoms with Crippen molar-refractivity contribution in [3.8, 4) is 5.75 Å². The molecule has 1 atom stereocenters. The molecule has 0 saturated heterocycles. The molecule has 0 bridgehead atoms. The Morgan fingerprint density at radius 2 is 2.05 bits per heavy atom. The average molecular weight is 286 g/mol. The van der Waals surface area contributed by atoms with E-state index in [9.17, 15) is 5.11 Å². The maximum absolute atomic E-state index is 9.18. The zero-order valence-corrected chi connectivity index (χ0v) is 12.1. The van der Waals surface area contributed by atoms with Gasteiger partial charge in [-0.15, -0.1) is 11.8 Å². The van der Waals surface area contributed by atoms with E-state index < -0.39 is 0 Å². The van der Waals surface area contributed by atoms with Crippen LogP contribution >= 0.6 is 11.8 Å². The highest BCUT2D eigenvalue weighted by Gasteiger charge is 2.20. The molecule has 1 N–H and O–H groups in total. The van der Waals surface area contributed by atoms with Crippen LogP contribution in [0, 0.1) is 0 Å². The molecule has 0 fully saturated rings. The first-order chi connectivity index (χ1) is 9.86. The van der Waals surface area contributed by atoms with Crippen LogP contribution in [0.25, 0.3) is 0 Å². The highest BCUT2D eigenvalue weighted by molar-refractivity contribution is 7.99. The standard InChI is InChI=1S/C17H18O2S/c18-11-13-4-3-5-15(10-13)20-12-14-8-9-19-17-7-2-1-6-16(14)17/h1-7,10,14,18H,8-9,11-12H2. The predicted octanol–water partition coefficient (Wildman–Crippen LogP) is 3.84. The van der Waals surface area contributed by atoms with Crippen LogP contribution in [-0.4, -0.2) is 17.5 Å². The van der Waals surface area contributed by atoms with Crippen molar-refractivity contribution in [2.24, 2.45) is 0 Å². The Bertz CT molecular complexity index is 583. The third kappa shape index (κ3) is 3.00. The quantitative estimate of drug-likeness (QED) is 0.866. The summed E-state index contributed by atoms with van der Waals surface area (Å²) in [6.07, 6.45) is 1.07. The van der Waals surface area contributed by atoms with Gasteiger partial charge in [-0.2, -0.15) is 0 Å². The zero-order chi connectivity index (χ0) is 13.8. The van der Waals surface area contributed by atoms with Crippen LogP contribution in [0.5, 0.6) is 5.75 Å². The topological polar surface area (TPSA) is 29.5 Å². The van der Waals surface area contributed by atoms with Gasteiger partial charge in [0.05, 0.1) is 13.2 Å². The van der Waals surface area contributed by atoms with Gasteiger partial charge in [-0.1, -0.05) is 30.3 Å². The third-order valence-corrected chi connectivity index (χ3v) is 4.77. The largest absolute Gasteiger partial charge is 0.493 e. The van der Waals surface area contributed by atoms with Crippen LogP contribution in [0.3, 0.4) is 0 Å². The number of aliphatic hydroxyl groups excluding tert-OH is 1. The molecule has 0 radical (unpaired) electrons. The molecule has 104 valence electrons. The van der Waals surface area contributed by atoms with Crippen molar-refractivity contribution >= 4 is 11.8 Å². The lowest BCUT2D eigenvalue weighted by Crippen LogP contribution is -2.15. The van der Waals surface area contributed by atoms with Crippen LogP contribution < -0.4 is 4.74 Å². The number of para-hydroxylation sites is 1. The lowest BCUT2D eigenvalue weighted by Gasteiger charge is -2.25. The van der Waals surface area contributed by atoms with Crippen molar-refractivity contribution in [2.75, 3.05) is 12.4 Å². The second-order valence-electron chi connectivity index (χ2n) is 4.99. The second-order valence-corrected chi connectivity index (χ2v) is 6.08. The van der Waals surface area contributed by atoms with Gasteiger partial charge in [-0.3, -0.25) is 0 Å². The Morgan fingerprint density at radius 3 is 2.95 bits per heavy atom. The first kappa shape index (κ1) is 13.5. The summed E-state index contributed by atoms with van der Waals surface area (Å²) in [5.74, 6) is 2.63. The maximum Gasteiger partial charge on any atom is 0.122 e. The summed E-state index contributed by atoms with van der Waals surface area (Å²) in [6.45, 7) is 0.910. The Kier molecular flexibility index (Phi) is 4.28. The SMILES string of the molecule is OCc1cccc(SCC2CCOc3ccccc32)c1. The van der Waals surface area contributed by atoms with Crippen LogP contribution in [-0.2, 0) is 6.61 Å². The molecular weight excluding hydrogens is 268 g/mol. The van der Waals surface area contributed by atoms with Gasteiger partial charge >= 0.3 is 0 Å². The highest BCUT2D eigenvalue weighted by atomic mass is 32.2. The fourth-order valence-corrected chi connectivity index (χ4v) is 3.67. The minimum Gasteiger partial charge on any atom is -0.493 e. The summed E-state index contributed by atoms with van der Waals surface area (Å²) in [5, 5.41) is 9.18. The number of hydrogen-bond donors (Lipinski definition) is 1. The van der Waals surface area contributed by atoms with E-state index in [-0.39, 0.29) is 6.61 Å². The Labute approximate surface area is 123 Å². The molecule has 0 saturated carbocycles. The van der Waals surface area contributed by atoms with E-state index in [1.807, 2.05) is 30.0 Å². The Balaban J connectivity index is 1.70. The molecule has 1 aliphatic rings. The van der Waals surface area contributed by atoms with Gasteiger partial charge in [0.2, 0.25) is 0 Å². The van der Waals surface area contributed by atoms with Crippen molar-refractivity contribution < 1.29 is 9.84 Å². The average Bonchev–Trinajstić information content (AvgIpc) is 2.53. The summed E-state index contributed by atoms with van der Waals surface area (Å²) in [6, 6.07) is 16.5. The van der Waals surface area contributed by atoms with Crippen molar-refractivity contribution in [3.63, 3.8) is 0 Å². The van der Waals surface area contributed by atoms with Crippen LogP contribution in [0.1, 0.15) is 23.5 Å². The molecule has 2 nitrogen and oxygen atoms in total. The van der Waals surface area contributed by atoms with Gasteiger partial charge in [0.15, 0.2) is 0 Å². The van der Waals surface area contributed by atoms with Crippen molar-refractivity contribution in [3.05, 3.63) is 59.7 Å². The first-order valence-electron chi connectivity index (χ1n) is 6.91. The molecule has 2 aromatic rings. The highest BCUT2D eigenvalue weighted by Crippen LogP contribution is 2.37. The molecule has 2 aromatic carbocycles. The van der Waals surface area contributed by atoms with Crippen molar-refractivity contribution in [1.82, 2.24) is 0 Å². The van der Waals surface area contributed by atoms with E-state index in [0.29, 0.717) is 5.92 Å². The minimum atomic E-state index is 0.106. The minimum absolute atomic E-state index is 0.106. The van der Waals surface area contributed by atoms with Gasteiger partial charge in [-0.25, -0.2) is 0 Å². The van der Waals surface area contributed by atoms with Gasteiger partial charge < -0.3 is 9.84 Å². The normalized spacial score (nSPS) is 17.4. The number of fused-ring (bicyclic) bond motifs is 1. The number of ether oxygens (including phenoxy) is 1. The lowest BCUT2D eigenvalue weighted by molar-refractivity contribution is 0.273. The first-order valence-corrected chi connectivity index (χ1v) is 7.89. The van der Waals surface area contributed by atoms with E-state index >= 15 is 0 Å². The fraction of sp³-hybridized carbons (Fsp3) is 0.294. The monoisotopic (exact) mass is 286 g/mol. The lowest BCUT2D eigenvalue weighted by atomic mass is 9.95. The Morgan fingerprint density at radius 1 is 1.15 bits per heavy atom. The van der Waals surface area contributed by atoms with Gasteiger partial charge in [0.25, 0.3) is 0 Å². The summed E-state index contributed by atoms with van der Waals surface area (Å²) >= 11 is 1.85. The van der Waals surface area contributed by atoms with Gasteiger partial charge in [-0.05, 0) is 35.7 Å². The fourth-order valence-electron chi connectivity index (χ4n) is 2.52. The zero-order valence-electron chi connectivity index (χ0n) is 11.3. The molecule has 0 amide bonds. The molecule has 20 heavy (non-hydrogen) atoms. The molecule has 3 heteroatoms. The molecule has 3 rings (SSSR count). The van der Waals surface area contributed by atoms with Crippen LogP contribution in [0.4, 0.5) is 0 Å². The van der Waals surface area contributed by atoms with E-state index in [1.54, 1.807) is 0 Å². The van der Waals surface area contributed by atoms with Crippen LogP contribution in [0.2, 0.25) is 0 Å². The number of benzene rings is 2. The molecule has 0 aromatic heterocycles. The smallest absolute Gasteiger partial charge is 0.122 e. The predicted molar refractivity (Wildman–Crippen MR) is 82.4 cm³/mol. The van der Waals surface area contributed by atoms with E-state index in [0.717, 1.165) is 30.1 Å². The van der Waals surface area contributed by atoms with Crippen LogP contribution in [0.15, 0.2) is 53.4 Å². The third-order valence-electron chi connectivity index (χ3n) is 3.61. The molecule has 1 aliphatic heterocycles. The summed E-state index contributed by atoms with van der Waals surface area (Å²) < 4.78 is 5.70. The number of thioether (sulfide) groups is 1. The van der Waals surface area contributed by atoms with Crippen molar-refractivity contribution in [2.45, 2.75) is 23.8 Å². The molecular formula is C17H18O2S. The maximum atomic E-state index is 9.18. The molecule has 0 aliphatic carbocycles. The second kappa shape index (κ2) is 6.33. The number of rotatable bonds is 4. The van der Waals surface area contributed by atoms with E-state index in [4.69, 9.17) is 4.74 Å². The van der Waals surface area contributed by atoms with Crippen molar-refractivity contribution in [1.29, 1.82) is 0 Å². The molecule has 0 spiro atoms.